The molecule has 2 bridgehead atoms. The standard InChI is InChI=1S/C36H38ClN3O/c1-39-21-23(17-30-29-13-8-14-32-34(29)31(20-33(30)39)36(37)38-32)22-40-26-15-16-27(40)19-28(18-26)41-35(24-9-4-2-5-10-24)25-11-6-3-7-12-25/h2-14,17,23,26-28,33,35,38H,15-16,18-22H2,1H3/t23-,26?,27?,28?,33+/m0/s1. The van der Waals surface area contributed by atoms with Crippen LogP contribution in [0.2, 0.25) is 5.15 Å². The molecule has 3 aromatic carbocycles. The Labute approximate surface area is 247 Å². The van der Waals surface area contributed by atoms with Crippen LogP contribution in [0.3, 0.4) is 0 Å². The van der Waals surface area contributed by atoms with E-state index in [0.717, 1.165) is 43.0 Å². The van der Waals surface area contributed by atoms with Gasteiger partial charge in [-0.25, -0.2) is 0 Å². The van der Waals surface area contributed by atoms with Gasteiger partial charge in [-0.1, -0.05) is 90.5 Å². The van der Waals surface area contributed by atoms with E-state index < -0.39 is 0 Å². The zero-order valence-corrected chi connectivity index (χ0v) is 24.4. The van der Waals surface area contributed by atoms with Gasteiger partial charge in [-0.15, -0.1) is 0 Å². The monoisotopic (exact) mass is 563 g/mol. The molecule has 1 aliphatic carbocycles. The zero-order chi connectivity index (χ0) is 27.5. The van der Waals surface area contributed by atoms with Crippen molar-refractivity contribution >= 4 is 28.1 Å². The summed E-state index contributed by atoms with van der Waals surface area (Å²) in [6.07, 6.45) is 8.71. The number of nitrogens with one attached hydrogen (secondary N) is 1. The van der Waals surface area contributed by atoms with Gasteiger partial charge < -0.3 is 9.72 Å². The van der Waals surface area contributed by atoms with Crippen molar-refractivity contribution in [1.29, 1.82) is 0 Å². The van der Waals surface area contributed by atoms with E-state index in [9.17, 15) is 0 Å². The highest BCUT2D eigenvalue weighted by molar-refractivity contribution is 6.32. The number of piperidine rings is 1. The number of ether oxygens (including phenoxy) is 1. The van der Waals surface area contributed by atoms with Crippen LogP contribution in [0.15, 0.2) is 84.9 Å². The molecule has 4 aromatic rings. The van der Waals surface area contributed by atoms with Crippen molar-refractivity contribution in [3.05, 3.63) is 112 Å². The topological polar surface area (TPSA) is 31.5 Å². The van der Waals surface area contributed by atoms with E-state index in [0.29, 0.717) is 30.1 Å². The van der Waals surface area contributed by atoms with Gasteiger partial charge in [0.05, 0.1) is 6.10 Å². The van der Waals surface area contributed by atoms with Gasteiger partial charge in [-0.3, -0.25) is 9.80 Å². The maximum Gasteiger partial charge on any atom is 0.110 e. The summed E-state index contributed by atoms with van der Waals surface area (Å²) in [6, 6.07) is 29.7. The minimum atomic E-state index is -0.0113. The SMILES string of the molecule is CN1C[C@@H](CN2C3CCC2CC(OC(c2ccccc2)c2ccccc2)C3)C=C2c3cccc4[nH]c(Cl)c(c34)C[C@H]21. The van der Waals surface area contributed by atoms with Crippen molar-refractivity contribution in [3.8, 4) is 0 Å². The van der Waals surface area contributed by atoms with E-state index in [1.807, 2.05) is 0 Å². The number of hydrogen-bond donors (Lipinski definition) is 1. The third-order valence-corrected chi connectivity index (χ3v) is 10.6. The summed E-state index contributed by atoms with van der Waals surface area (Å²) >= 11 is 6.65. The second-order valence-electron chi connectivity index (χ2n) is 12.7. The van der Waals surface area contributed by atoms with Gasteiger partial charge in [0.2, 0.25) is 0 Å². The molecule has 4 nitrogen and oxygen atoms in total. The fourth-order valence-electron chi connectivity index (χ4n) is 8.41. The van der Waals surface area contributed by atoms with Crippen LogP contribution < -0.4 is 0 Å². The number of hydrogen-bond acceptors (Lipinski definition) is 3. The Hall–Kier alpha value is -2.89. The average Bonchev–Trinajstić information content (AvgIpc) is 3.43. The highest BCUT2D eigenvalue weighted by Gasteiger charge is 2.43. The number of aromatic amines is 1. The van der Waals surface area contributed by atoms with Crippen LogP contribution in [0.25, 0.3) is 16.5 Å². The molecule has 41 heavy (non-hydrogen) atoms. The van der Waals surface area contributed by atoms with Gasteiger partial charge in [0.25, 0.3) is 0 Å². The Morgan fingerprint density at radius 1 is 0.902 bits per heavy atom. The predicted octanol–water partition coefficient (Wildman–Crippen LogP) is 7.49. The van der Waals surface area contributed by atoms with Crippen LogP contribution in [0.5, 0.6) is 0 Å². The molecule has 2 fully saturated rings. The average molecular weight is 564 g/mol. The van der Waals surface area contributed by atoms with Crippen LogP contribution in [-0.2, 0) is 11.2 Å². The molecule has 3 aliphatic heterocycles. The van der Waals surface area contributed by atoms with Crippen molar-refractivity contribution in [3.63, 3.8) is 0 Å². The third kappa shape index (κ3) is 4.56. The molecule has 2 saturated heterocycles. The molecule has 4 aliphatic rings. The second kappa shape index (κ2) is 10.4. The number of aromatic nitrogens is 1. The maximum atomic E-state index is 6.98. The highest BCUT2D eigenvalue weighted by Crippen LogP contribution is 2.45. The minimum absolute atomic E-state index is 0.0113. The van der Waals surface area contributed by atoms with Gasteiger partial charge in [-0.2, -0.15) is 0 Å². The van der Waals surface area contributed by atoms with Crippen LogP contribution in [0.1, 0.15) is 54.0 Å². The van der Waals surface area contributed by atoms with Crippen molar-refractivity contribution < 1.29 is 4.74 Å². The normalized spacial score (nSPS) is 27.8. The Morgan fingerprint density at radius 3 is 2.27 bits per heavy atom. The smallest absolute Gasteiger partial charge is 0.110 e. The molecule has 0 radical (unpaired) electrons. The van der Waals surface area contributed by atoms with E-state index >= 15 is 0 Å². The van der Waals surface area contributed by atoms with Gasteiger partial charge in [0, 0.05) is 48.0 Å². The number of benzene rings is 3. The largest absolute Gasteiger partial charge is 0.365 e. The molecular formula is C36H38ClN3O. The molecule has 4 atom stereocenters. The first-order valence-electron chi connectivity index (χ1n) is 15.3. The van der Waals surface area contributed by atoms with Gasteiger partial charge in [-0.05, 0) is 73.0 Å². The number of H-pyrrole nitrogens is 1. The second-order valence-corrected chi connectivity index (χ2v) is 13.1. The Balaban J connectivity index is 1.01. The molecule has 2 unspecified atom stereocenters. The third-order valence-electron chi connectivity index (χ3n) is 10.2. The Morgan fingerprint density at radius 2 is 1.59 bits per heavy atom. The number of fused-ring (bicyclic) bond motifs is 4. The summed E-state index contributed by atoms with van der Waals surface area (Å²) in [6.45, 7) is 2.24. The fraction of sp³-hybridized carbons (Fsp3) is 0.389. The van der Waals surface area contributed by atoms with Gasteiger partial charge >= 0.3 is 0 Å². The summed E-state index contributed by atoms with van der Waals surface area (Å²) in [5.41, 5.74) is 7.81. The highest BCUT2D eigenvalue weighted by atomic mass is 35.5. The van der Waals surface area contributed by atoms with Crippen LogP contribution in [0, 0.1) is 5.92 Å². The molecule has 1 aromatic heterocycles. The number of nitrogens with zero attached hydrogens (tertiary/aromatic N) is 2. The zero-order valence-electron chi connectivity index (χ0n) is 23.7. The lowest BCUT2D eigenvalue weighted by Crippen LogP contribution is -2.50. The van der Waals surface area contributed by atoms with E-state index in [1.54, 1.807) is 0 Å². The quantitative estimate of drug-likeness (QED) is 0.264. The van der Waals surface area contributed by atoms with Crippen molar-refractivity contribution in [2.45, 2.75) is 62.4 Å². The molecule has 1 N–H and O–H groups in total. The van der Waals surface area contributed by atoms with E-state index in [-0.39, 0.29) is 6.10 Å². The predicted molar refractivity (Wildman–Crippen MR) is 167 cm³/mol. The molecule has 0 saturated carbocycles. The van der Waals surface area contributed by atoms with Crippen molar-refractivity contribution in [2.24, 2.45) is 5.92 Å². The summed E-state index contributed by atoms with van der Waals surface area (Å²) in [4.78, 5) is 8.84. The van der Waals surface area contributed by atoms with E-state index in [1.165, 1.54) is 46.1 Å². The summed E-state index contributed by atoms with van der Waals surface area (Å²) < 4.78 is 6.98. The number of halogens is 1. The lowest BCUT2D eigenvalue weighted by Gasteiger charge is -2.44. The number of rotatable bonds is 6. The van der Waals surface area contributed by atoms with E-state index in [4.69, 9.17) is 16.3 Å². The Bertz CT molecular complexity index is 1530. The van der Waals surface area contributed by atoms with Crippen LogP contribution in [-0.4, -0.2) is 59.2 Å². The van der Waals surface area contributed by atoms with Gasteiger partial charge in [0.15, 0.2) is 0 Å². The lowest BCUT2D eigenvalue weighted by atomic mass is 9.79. The lowest BCUT2D eigenvalue weighted by molar-refractivity contribution is -0.0507. The molecule has 0 spiro atoms. The fourth-order valence-corrected chi connectivity index (χ4v) is 8.68. The van der Waals surface area contributed by atoms with Crippen LogP contribution >= 0.6 is 11.6 Å². The molecule has 210 valence electrons. The summed E-state index contributed by atoms with van der Waals surface area (Å²) in [5, 5.41) is 2.14. The van der Waals surface area contributed by atoms with Gasteiger partial charge in [0.1, 0.15) is 11.3 Å². The first-order chi connectivity index (χ1) is 20.1. The number of likely N-dealkylation sites (N-methyl/N-ethyl adjacent to an activating group) is 1. The molecule has 0 amide bonds. The van der Waals surface area contributed by atoms with Crippen LogP contribution in [0.4, 0.5) is 0 Å². The first kappa shape index (κ1) is 25.8. The van der Waals surface area contributed by atoms with Crippen molar-refractivity contribution in [1.82, 2.24) is 14.8 Å². The molecule has 8 rings (SSSR count). The minimum Gasteiger partial charge on any atom is -0.365 e. The molecular weight excluding hydrogens is 526 g/mol. The molecule has 5 heteroatoms. The van der Waals surface area contributed by atoms with E-state index in [2.05, 4.69) is 107 Å². The summed E-state index contributed by atoms with van der Waals surface area (Å²) in [7, 11) is 2.30. The first-order valence-corrected chi connectivity index (χ1v) is 15.7. The maximum absolute atomic E-state index is 6.98. The van der Waals surface area contributed by atoms with Crippen molar-refractivity contribution in [2.75, 3.05) is 20.1 Å². The molecule has 4 heterocycles. The summed E-state index contributed by atoms with van der Waals surface area (Å²) in [5.74, 6) is 0.527. The Kier molecular flexibility index (Phi) is 6.56.